The summed E-state index contributed by atoms with van der Waals surface area (Å²) in [5.74, 6) is 1.31. The average molecular weight is 293 g/mol. The third kappa shape index (κ3) is 4.72. The second kappa shape index (κ2) is 8.00. The number of ether oxygens (including phenoxy) is 3. The summed E-state index contributed by atoms with van der Waals surface area (Å²) < 4.78 is 16.4. The molecule has 5 nitrogen and oxygen atoms in total. The number of hydrogen-bond donors (Lipinski definition) is 0. The fourth-order valence-corrected chi connectivity index (χ4v) is 2.30. The van der Waals surface area contributed by atoms with Gasteiger partial charge in [0.2, 0.25) is 0 Å². The summed E-state index contributed by atoms with van der Waals surface area (Å²) in [5, 5.41) is 0. The SMILES string of the molecule is COc1cc(C(C)=O)ccc1OCCCN1CCOCC1. The lowest BCUT2D eigenvalue weighted by Crippen LogP contribution is -2.37. The molecule has 0 atom stereocenters. The molecule has 5 heteroatoms. The van der Waals surface area contributed by atoms with Crippen molar-refractivity contribution >= 4 is 5.78 Å². The Morgan fingerprint density at radius 1 is 1.29 bits per heavy atom. The number of morpholine rings is 1. The molecule has 1 heterocycles. The monoisotopic (exact) mass is 293 g/mol. The van der Waals surface area contributed by atoms with Crippen LogP contribution in [-0.2, 0) is 4.74 Å². The van der Waals surface area contributed by atoms with Crippen molar-refractivity contribution in [3.8, 4) is 11.5 Å². The Bertz CT molecular complexity index is 469. The standard InChI is InChI=1S/C16H23NO4/c1-13(18)14-4-5-15(16(12-14)19-2)21-9-3-6-17-7-10-20-11-8-17/h4-5,12H,3,6-11H2,1-2H3. The van der Waals surface area contributed by atoms with Crippen LogP contribution in [0, 0.1) is 0 Å². The molecule has 0 spiro atoms. The first-order valence-electron chi connectivity index (χ1n) is 7.32. The lowest BCUT2D eigenvalue weighted by Gasteiger charge is -2.26. The van der Waals surface area contributed by atoms with E-state index in [9.17, 15) is 4.79 Å². The molecule has 0 aliphatic carbocycles. The van der Waals surface area contributed by atoms with Crippen molar-refractivity contribution in [2.75, 3.05) is 46.6 Å². The van der Waals surface area contributed by atoms with E-state index < -0.39 is 0 Å². The first kappa shape index (κ1) is 15.8. The fourth-order valence-electron chi connectivity index (χ4n) is 2.30. The summed E-state index contributed by atoms with van der Waals surface area (Å²) >= 11 is 0. The molecule has 0 aromatic heterocycles. The van der Waals surface area contributed by atoms with Gasteiger partial charge in [-0.2, -0.15) is 0 Å². The highest BCUT2D eigenvalue weighted by atomic mass is 16.5. The number of benzene rings is 1. The van der Waals surface area contributed by atoms with Crippen molar-refractivity contribution in [1.29, 1.82) is 0 Å². The molecule has 1 aliphatic rings. The lowest BCUT2D eigenvalue weighted by molar-refractivity contribution is 0.0357. The van der Waals surface area contributed by atoms with E-state index in [-0.39, 0.29) is 5.78 Å². The van der Waals surface area contributed by atoms with E-state index in [1.54, 1.807) is 25.3 Å². The van der Waals surface area contributed by atoms with Crippen LogP contribution in [-0.4, -0.2) is 57.2 Å². The summed E-state index contributed by atoms with van der Waals surface area (Å²) in [7, 11) is 1.58. The zero-order valence-corrected chi connectivity index (χ0v) is 12.8. The predicted molar refractivity (Wildman–Crippen MR) is 80.4 cm³/mol. The summed E-state index contributed by atoms with van der Waals surface area (Å²) in [6, 6.07) is 5.28. The largest absolute Gasteiger partial charge is 0.493 e. The van der Waals surface area contributed by atoms with Crippen molar-refractivity contribution in [3.63, 3.8) is 0 Å². The second-order valence-electron chi connectivity index (χ2n) is 5.08. The van der Waals surface area contributed by atoms with Crippen LogP contribution in [0.1, 0.15) is 23.7 Å². The Hall–Kier alpha value is -1.59. The molecule has 0 radical (unpaired) electrons. The summed E-state index contributed by atoms with van der Waals surface area (Å²) in [6.45, 7) is 6.82. The van der Waals surface area contributed by atoms with E-state index >= 15 is 0 Å². The molecule has 1 aliphatic heterocycles. The molecule has 1 fully saturated rings. The lowest BCUT2D eigenvalue weighted by atomic mass is 10.1. The molecule has 2 rings (SSSR count). The van der Waals surface area contributed by atoms with Gasteiger partial charge in [-0.05, 0) is 31.5 Å². The predicted octanol–water partition coefficient (Wildman–Crippen LogP) is 2.00. The highest BCUT2D eigenvalue weighted by Gasteiger charge is 2.11. The van der Waals surface area contributed by atoms with Crippen molar-refractivity contribution in [3.05, 3.63) is 23.8 Å². The highest BCUT2D eigenvalue weighted by molar-refractivity contribution is 5.94. The molecule has 1 aromatic carbocycles. The molecule has 0 saturated carbocycles. The number of carbonyl (C=O) groups is 1. The van der Waals surface area contributed by atoms with Gasteiger partial charge in [-0.3, -0.25) is 9.69 Å². The normalized spacial score (nSPS) is 15.7. The molecule has 1 aromatic rings. The van der Waals surface area contributed by atoms with Crippen LogP contribution in [0.4, 0.5) is 0 Å². The van der Waals surface area contributed by atoms with Gasteiger partial charge in [0.15, 0.2) is 17.3 Å². The Balaban J connectivity index is 1.80. The Morgan fingerprint density at radius 3 is 2.71 bits per heavy atom. The van der Waals surface area contributed by atoms with Crippen LogP contribution < -0.4 is 9.47 Å². The highest BCUT2D eigenvalue weighted by Crippen LogP contribution is 2.28. The number of Topliss-reactive ketones (excluding diaryl/α,β-unsaturated/α-hetero) is 1. The Morgan fingerprint density at radius 2 is 2.05 bits per heavy atom. The first-order valence-corrected chi connectivity index (χ1v) is 7.32. The van der Waals surface area contributed by atoms with Crippen molar-refractivity contribution < 1.29 is 19.0 Å². The van der Waals surface area contributed by atoms with Gasteiger partial charge in [-0.1, -0.05) is 0 Å². The maximum Gasteiger partial charge on any atom is 0.161 e. The van der Waals surface area contributed by atoms with Crippen LogP contribution in [0.3, 0.4) is 0 Å². The van der Waals surface area contributed by atoms with Crippen molar-refractivity contribution in [1.82, 2.24) is 4.90 Å². The van der Waals surface area contributed by atoms with E-state index in [0.29, 0.717) is 23.7 Å². The van der Waals surface area contributed by atoms with Crippen LogP contribution >= 0.6 is 0 Å². The average Bonchev–Trinajstić information content (AvgIpc) is 2.52. The number of methoxy groups -OCH3 is 1. The van der Waals surface area contributed by atoms with Crippen LogP contribution in [0.15, 0.2) is 18.2 Å². The smallest absolute Gasteiger partial charge is 0.161 e. The summed E-state index contributed by atoms with van der Waals surface area (Å²) in [4.78, 5) is 13.7. The van der Waals surface area contributed by atoms with E-state index in [4.69, 9.17) is 14.2 Å². The maximum atomic E-state index is 11.3. The molecule has 0 bridgehead atoms. The Kier molecular flexibility index (Phi) is 6.02. The van der Waals surface area contributed by atoms with Gasteiger partial charge >= 0.3 is 0 Å². The third-order valence-electron chi connectivity index (χ3n) is 3.55. The molecule has 0 N–H and O–H groups in total. The molecular formula is C16H23NO4. The minimum atomic E-state index is 0.0205. The van der Waals surface area contributed by atoms with Crippen molar-refractivity contribution in [2.24, 2.45) is 0 Å². The fraction of sp³-hybridized carbons (Fsp3) is 0.562. The Labute approximate surface area is 125 Å². The number of nitrogens with zero attached hydrogens (tertiary/aromatic N) is 1. The van der Waals surface area contributed by atoms with Gasteiger partial charge in [0.25, 0.3) is 0 Å². The van der Waals surface area contributed by atoms with Crippen LogP contribution in [0.2, 0.25) is 0 Å². The molecule has 1 saturated heterocycles. The van der Waals surface area contributed by atoms with Crippen molar-refractivity contribution in [2.45, 2.75) is 13.3 Å². The van der Waals surface area contributed by atoms with Gasteiger partial charge in [-0.15, -0.1) is 0 Å². The number of ketones is 1. The van der Waals surface area contributed by atoms with Crippen LogP contribution in [0.25, 0.3) is 0 Å². The van der Waals surface area contributed by atoms with Gasteiger partial charge in [0.05, 0.1) is 26.9 Å². The summed E-state index contributed by atoms with van der Waals surface area (Å²) in [6.07, 6.45) is 0.956. The van der Waals surface area contributed by atoms with Crippen LogP contribution in [0.5, 0.6) is 11.5 Å². The topological polar surface area (TPSA) is 48.0 Å². The quantitative estimate of drug-likeness (QED) is 0.568. The number of hydrogen-bond acceptors (Lipinski definition) is 5. The minimum absolute atomic E-state index is 0.0205. The third-order valence-corrected chi connectivity index (χ3v) is 3.55. The zero-order valence-electron chi connectivity index (χ0n) is 12.8. The molecule has 21 heavy (non-hydrogen) atoms. The minimum Gasteiger partial charge on any atom is -0.493 e. The molecule has 116 valence electrons. The summed E-state index contributed by atoms with van der Waals surface area (Å²) in [5.41, 5.74) is 0.632. The van der Waals surface area contributed by atoms with Gasteiger partial charge < -0.3 is 14.2 Å². The van der Waals surface area contributed by atoms with E-state index in [1.807, 2.05) is 0 Å². The second-order valence-corrected chi connectivity index (χ2v) is 5.08. The number of rotatable bonds is 7. The van der Waals surface area contributed by atoms with E-state index in [0.717, 1.165) is 39.3 Å². The molecule has 0 unspecified atom stereocenters. The van der Waals surface area contributed by atoms with E-state index in [2.05, 4.69) is 4.90 Å². The molecular weight excluding hydrogens is 270 g/mol. The van der Waals surface area contributed by atoms with Gasteiger partial charge in [-0.25, -0.2) is 0 Å². The maximum absolute atomic E-state index is 11.3. The molecule has 0 amide bonds. The zero-order chi connectivity index (χ0) is 15.1. The van der Waals surface area contributed by atoms with E-state index in [1.165, 1.54) is 6.92 Å². The van der Waals surface area contributed by atoms with Gasteiger partial charge in [0.1, 0.15) is 0 Å². The first-order chi connectivity index (χ1) is 10.2. The number of carbonyl (C=O) groups excluding carboxylic acids is 1. The van der Waals surface area contributed by atoms with Gasteiger partial charge in [0, 0.05) is 25.2 Å².